The number of nitrogens with one attached hydrogen (secondary N) is 1. The number of terminal acetylenes is 1. The minimum absolute atomic E-state index is 0.118. The summed E-state index contributed by atoms with van der Waals surface area (Å²) in [4.78, 5) is 10.5. The van der Waals surface area contributed by atoms with Crippen LogP contribution in [0.3, 0.4) is 0 Å². The summed E-state index contributed by atoms with van der Waals surface area (Å²) in [7, 11) is 0. The Morgan fingerprint density at radius 2 is 2.35 bits per heavy atom. The molecule has 1 N–H and O–H groups in total. The summed E-state index contributed by atoms with van der Waals surface area (Å²) in [5.74, 6) is 4.02. The molecule has 1 aromatic rings. The topological polar surface area (TPSA) is 55.2 Å². The molecule has 0 aliphatic heterocycles. The third-order valence-corrected chi connectivity index (χ3v) is 2.96. The van der Waals surface area contributed by atoms with Crippen LogP contribution in [0.15, 0.2) is 18.2 Å². The van der Waals surface area contributed by atoms with E-state index in [1.54, 1.807) is 23.9 Å². The number of anilines is 1. The van der Waals surface area contributed by atoms with Gasteiger partial charge >= 0.3 is 0 Å². The molecule has 0 aliphatic carbocycles. The zero-order chi connectivity index (χ0) is 12.7. The first-order valence-electron chi connectivity index (χ1n) is 5.15. The predicted molar refractivity (Wildman–Crippen MR) is 72.5 cm³/mol. The van der Waals surface area contributed by atoms with Crippen LogP contribution in [-0.2, 0) is 0 Å². The van der Waals surface area contributed by atoms with Gasteiger partial charge in [0.05, 0.1) is 10.7 Å². The van der Waals surface area contributed by atoms with Crippen molar-refractivity contribution < 1.29 is 4.92 Å². The van der Waals surface area contributed by atoms with Crippen molar-refractivity contribution in [3.63, 3.8) is 0 Å². The number of rotatable bonds is 6. The first-order valence-corrected chi connectivity index (χ1v) is 6.30. The van der Waals surface area contributed by atoms with Gasteiger partial charge in [-0.2, -0.15) is 0 Å². The van der Waals surface area contributed by atoms with Crippen molar-refractivity contribution in [2.24, 2.45) is 0 Å². The highest BCUT2D eigenvalue weighted by Gasteiger charge is 2.12. The Hall–Kier alpha value is -1.67. The number of aryl methyl sites for hydroxylation is 1. The molecule has 0 saturated carbocycles. The van der Waals surface area contributed by atoms with E-state index in [0.717, 1.165) is 11.3 Å². The zero-order valence-corrected chi connectivity index (χ0v) is 10.4. The van der Waals surface area contributed by atoms with Gasteiger partial charge in [0.25, 0.3) is 5.69 Å². The van der Waals surface area contributed by atoms with Gasteiger partial charge in [0.15, 0.2) is 0 Å². The lowest BCUT2D eigenvalue weighted by Gasteiger charge is -2.06. The molecule has 5 heteroatoms. The molecular formula is C12H14N2O2S. The van der Waals surface area contributed by atoms with Gasteiger partial charge in [0.2, 0.25) is 0 Å². The average molecular weight is 250 g/mol. The summed E-state index contributed by atoms with van der Waals surface area (Å²) < 4.78 is 0. The van der Waals surface area contributed by atoms with Crippen molar-refractivity contribution >= 4 is 23.1 Å². The SMILES string of the molecule is C#CCSCCNc1ccc(C)cc1[N+](=O)[O-]. The summed E-state index contributed by atoms with van der Waals surface area (Å²) in [5.41, 5.74) is 1.55. The van der Waals surface area contributed by atoms with Crippen LogP contribution in [0.4, 0.5) is 11.4 Å². The fraction of sp³-hybridized carbons (Fsp3) is 0.333. The van der Waals surface area contributed by atoms with Gasteiger partial charge in [-0.1, -0.05) is 12.0 Å². The summed E-state index contributed by atoms with van der Waals surface area (Å²) in [5, 5.41) is 13.9. The van der Waals surface area contributed by atoms with Gasteiger partial charge in [0.1, 0.15) is 5.69 Å². The van der Waals surface area contributed by atoms with Gasteiger partial charge in [-0.25, -0.2) is 0 Å². The lowest BCUT2D eigenvalue weighted by atomic mass is 10.2. The van der Waals surface area contributed by atoms with Crippen molar-refractivity contribution in [1.29, 1.82) is 0 Å². The van der Waals surface area contributed by atoms with Crippen LogP contribution in [0.5, 0.6) is 0 Å². The minimum atomic E-state index is -0.371. The van der Waals surface area contributed by atoms with Crippen LogP contribution in [0, 0.1) is 29.4 Å². The van der Waals surface area contributed by atoms with Crippen LogP contribution in [0.2, 0.25) is 0 Å². The van der Waals surface area contributed by atoms with E-state index in [0.29, 0.717) is 18.0 Å². The maximum Gasteiger partial charge on any atom is 0.292 e. The molecule has 0 aliphatic rings. The van der Waals surface area contributed by atoms with E-state index < -0.39 is 0 Å². The molecule has 17 heavy (non-hydrogen) atoms. The Morgan fingerprint density at radius 1 is 1.59 bits per heavy atom. The number of hydrogen-bond donors (Lipinski definition) is 1. The molecule has 90 valence electrons. The molecule has 0 heterocycles. The summed E-state index contributed by atoms with van der Waals surface area (Å²) in [6.07, 6.45) is 5.12. The Bertz CT molecular complexity index is 441. The average Bonchev–Trinajstić information content (AvgIpc) is 2.30. The molecule has 0 atom stereocenters. The molecule has 0 unspecified atom stereocenters. The van der Waals surface area contributed by atoms with E-state index in [1.807, 2.05) is 13.0 Å². The van der Waals surface area contributed by atoms with Crippen LogP contribution >= 0.6 is 11.8 Å². The highest BCUT2D eigenvalue weighted by molar-refractivity contribution is 7.99. The third-order valence-electron chi connectivity index (χ3n) is 2.10. The second kappa shape index (κ2) is 6.81. The normalized spacial score (nSPS) is 9.65. The molecule has 0 aromatic heterocycles. The van der Waals surface area contributed by atoms with Gasteiger partial charge in [-0.05, 0) is 18.6 Å². The largest absolute Gasteiger partial charge is 0.379 e. The highest BCUT2D eigenvalue weighted by Crippen LogP contribution is 2.25. The van der Waals surface area contributed by atoms with Gasteiger partial charge in [-0.3, -0.25) is 10.1 Å². The number of nitrogens with zero attached hydrogens (tertiary/aromatic N) is 1. The molecule has 1 aromatic carbocycles. The fourth-order valence-corrected chi connectivity index (χ4v) is 1.84. The highest BCUT2D eigenvalue weighted by atomic mass is 32.2. The standard InChI is InChI=1S/C12H14N2O2S/c1-3-7-17-8-6-13-11-5-4-10(2)9-12(11)14(15)16/h1,4-5,9,13H,6-8H2,2H3. The van der Waals surface area contributed by atoms with Gasteiger partial charge in [0, 0.05) is 18.4 Å². The van der Waals surface area contributed by atoms with Crippen LogP contribution in [-0.4, -0.2) is 23.0 Å². The summed E-state index contributed by atoms with van der Waals surface area (Å²) in [6.45, 7) is 2.50. The van der Waals surface area contributed by atoms with Crippen molar-refractivity contribution in [2.75, 3.05) is 23.4 Å². The van der Waals surface area contributed by atoms with Crippen LogP contribution in [0.1, 0.15) is 5.56 Å². The van der Waals surface area contributed by atoms with Crippen molar-refractivity contribution in [3.8, 4) is 12.3 Å². The Labute approximate surface area is 105 Å². The molecular weight excluding hydrogens is 236 g/mol. The van der Waals surface area contributed by atoms with E-state index in [1.165, 1.54) is 0 Å². The maximum absolute atomic E-state index is 10.8. The third kappa shape index (κ3) is 4.37. The lowest BCUT2D eigenvalue weighted by molar-refractivity contribution is -0.384. The monoisotopic (exact) mass is 250 g/mol. The lowest BCUT2D eigenvalue weighted by Crippen LogP contribution is -2.06. The molecule has 0 spiro atoms. The quantitative estimate of drug-likeness (QED) is 0.365. The van der Waals surface area contributed by atoms with Gasteiger partial charge < -0.3 is 5.32 Å². The molecule has 0 radical (unpaired) electrons. The molecule has 0 bridgehead atoms. The van der Waals surface area contributed by atoms with Crippen molar-refractivity contribution in [2.45, 2.75) is 6.92 Å². The molecule has 0 saturated heterocycles. The first kappa shape index (κ1) is 13.4. The van der Waals surface area contributed by atoms with E-state index in [9.17, 15) is 10.1 Å². The molecule has 4 nitrogen and oxygen atoms in total. The molecule has 0 fully saturated rings. The first-order chi connectivity index (χ1) is 8.15. The Morgan fingerprint density at radius 3 is 3.00 bits per heavy atom. The Kier molecular flexibility index (Phi) is 5.37. The second-order valence-corrected chi connectivity index (χ2v) is 4.57. The number of thioether (sulfide) groups is 1. The van der Waals surface area contributed by atoms with Crippen LogP contribution in [0.25, 0.3) is 0 Å². The van der Waals surface area contributed by atoms with Crippen molar-refractivity contribution in [1.82, 2.24) is 0 Å². The van der Waals surface area contributed by atoms with E-state index in [2.05, 4.69) is 11.2 Å². The summed E-state index contributed by atoms with van der Waals surface area (Å²) in [6, 6.07) is 5.15. The smallest absolute Gasteiger partial charge is 0.292 e. The number of benzene rings is 1. The maximum atomic E-state index is 10.8. The van der Waals surface area contributed by atoms with E-state index >= 15 is 0 Å². The molecule has 1 rings (SSSR count). The number of nitro groups is 1. The number of nitro benzene ring substituents is 1. The van der Waals surface area contributed by atoms with E-state index in [-0.39, 0.29) is 10.6 Å². The summed E-state index contributed by atoms with van der Waals surface area (Å²) >= 11 is 1.62. The van der Waals surface area contributed by atoms with Crippen molar-refractivity contribution in [3.05, 3.63) is 33.9 Å². The van der Waals surface area contributed by atoms with Gasteiger partial charge in [-0.15, -0.1) is 18.2 Å². The number of hydrogen-bond acceptors (Lipinski definition) is 4. The minimum Gasteiger partial charge on any atom is -0.379 e. The zero-order valence-electron chi connectivity index (χ0n) is 9.60. The van der Waals surface area contributed by atoms with E-state index in [4.69, 9.17) is 6.42 Å². The fourth-order valence-electron chi connectivity index (χ4n) is 1.33. The second-order valence-electron chi connectivity index (χ2n) is 3.46. The predicted octanol–water partition coefficient (Wildman–Crippen LogP) is 2.68. The van der Waals surface area contributed by atoms with Crippen LogP contribution < -0.4 is 5.32 Å². The molecule has 0 amide bonds. The Balaban J connectivity index is 2.59.